The second-order valence-electron chi connectivity index (χ2n) is 7.11. The van der Waals surface area contributed by atoms with Crippen LogP contribution in [0.15, 0.2) is 24.3 Å². The fraction of sp³-hybridized carbons (Fsp3) is 0.450. The summed E-state index contributed by atoms with van der Waals surface area (Å²) in [6.45, 7) is 6.05. The molecule has 6 nitrogen and oxygen atoms in total. The molecule has 3 heterocycles. The molecule has 1 aromatic carbocycles. The molecule has 0 bridgehead atoms. The smallest absolute Gasteiger partial charge is 0.220 e. The number of nitrogens with zero attached hydrogens (tertiary/aromatic N) is 3. The lowest BCUT2D eigenvalue weighted by molar-refractivity contribution is -0.121. The van der Waals surface area contributed by atoms with Gasteiger partial charge in [-0.3, -0.25) is 4.79 Å². The highest BCUT2D eigenvalue weighted by Crippen LogP contribution is 2.22. The minimum atomic E-state index is 0.126. The molecule has 6 heteroatoms. The predicted molar refractivity (Wildman–Crippen MR) is 102 cm³/mol. The first-order valence-electron chi connectivity index (χ1n) is 9.37. The highest BCUT2D eigenvalue weighted by atomic mass is 16.1. The van der Waals surface area contributed by atoms with E-state index < -0.39 is 0 Å². The Kier molecular flexibility index (Phi) is 4.59. The summed E-state index contributed by atoms with van der Waals surface area (Å²) in [5.41, 5.74) is 5.00. The third-order valence-electron chi connectivity index (χ3n) is 5.32. The van der Waals surface area contributed by atoms with Crippen LogP contribution >= 0.6 is 0 Å². The first kappa shape index (κ1) is 17.0. The van der Waals surface area contributed by atoms with Crippen LogP contribution in [-0.2, 0) is 11.2 Å². The van der Waals surface area contributed by atoms with Crippen molar-refractivity contribution in [3.05, 3.63) is 41.2 Å². The van der Waals surface area contributed by atoms with E-state index in [0.717, 1.165) is 59.4 Å². The van der Waals surface area contributed by atoms with Crippen molar-refractivity contribution in [1.29, 1.82) is 0 Å². The van der Waals surface area contributed by atoms with E-state index in [2.05, 4.69) is 28.7 Å². The summed E-state index contributed by atoms with van der Waals surface area (Å²) in [5.74, 6) is 0.126. The maximum Gasteiger partial charge on any atom is 0.220 e. The van der Waals surface area contributed by atoms with Crippen molar-refractivity contribution in [2.75, 3.05) is 13.1 Å². The minimum Gasteiger partial charge on any atom is -0.353 e. The second kappa shape index (κ2) is 7.03. The van der Waals surface area contributed by atoms with Gasteiger partial charge in [0.1, 0.15) is 0 Å². The van der Waals surface area contributed by atoms with Crippen LogP contribution in [0, 0.1) is 13.8 Å². The van der Waals surface area contributed by atoms with Crippen LogP contribution < -0.4 is 10.6 Å². The lowest BCUT2D eigenvalue weighted by Gasteiger charge is -2.23. The van der Waals surface area contributed by atoms with E-state index in [0.29, 0.717) is 18.9 Å². The second-order valence-corrected chi connectivity index (χ2v) is 7.11. The van der Waals surface area contributed by atoms with Gasteiger partial charge in [0, 0.05) is 29.2 Å². The number of hydrogen-bond acceptors (Lipinski definition) is 4. The molecule has 136 valence electrons. The van der Waals surface area contributed by atoms with Gasteiger partial charge in [-0.15, -0.1) is 0 Å². The Labute approximate surface area is 153 Å². The summed E-state index contributed by atoms with van der Waals surface area (Å²) in [6, 6.07) is 8.36. The van der Waals surface area contributed by atoms with Crippen LogP contribution in [0.25, 0.3) is 16.6 Å². The number of piperidine rings is 1. The van der Waals surface area contributed by atoms with Crippen molar-refractivity contribution in [2.24, 2.45) is 0 Å². The molecule has 2 N–H and O–H groups in total. The molecule has 1 fully saturated rings. The molecule has 0 radical (unpaired) electrons. The lowest BCUT2D eigenvalue weighted by atomic mass is 10.0. The standard InChI is InChI=1S/C20H25N5O/c1-13-16(7-8-19(26)23-15-9-11-21-12-10-15)14(2)25-20(22-13)17-5-3-4-6-18(17)24-25/h3-6,15,21H,7-12H2,1-2H3,(H,23,26). The molecule has 3 aromatic rings. The SMILES string of the molecule is Cc1nc2c3ccccc3nn2c(C)c1CCC(=O)NC1CCNCC1. The molecule has 1 aliphatic rings. The Morgan fingerprint density at radius 3 is 2.85 bits per heavy atom. The van der Waals surface area contributed by atoms with Crippen molar-refractivity contribution >= 4 is 22.5 Å². The van der Waals surface area contributed by atoms with Gasteiger partial charge >= 0.3 is 0 Å². The van der Waals surface area contributed by atoms with Gasteiger partial charge in [0.15, 0.2) is 5.65 Å². The summed E-state index contributed by atoms with van der Waals surface area (Å²) < 4.78 is 1.91. The molecule has 26 heavy (non-hydrogen) atoms. The third-order valence-corrected chi connectivity index (χ3v) is 5.32. The molecule has 0 aliphatic carbocycles. The quantitative estimate of drug-likeness (QED) is 0.757. The van der Waals surface area contributed by atoms with Crippen molar-refractivity contribution in [1.82, 2.24) is 25.2 Å². The van der Waals surface area contributed by atoms with Crippen LogP contribution in [0.3, 0.4) is 0 Å². The van der Waals surface area contributed by atoms with E-state index in [-0.39, 0.29) is 5.91 Å². The highest BCUT2D eigenvalue weighted by molar-refractivity contribution is 5.92. The molecule has 2 aromatic heterocycles. The highest BCUT2D eigenvalue weighted by Gasteiger charge is 2.17. The molecule has 1 aliphatic heterocycles. The Morgan fingerprint density at radius 1 is 1.27 bits per heavy atom. The zero-order valence-electron chi connectivity index (χ0n) is 15.4. The van der Waals surface area contributed by atoms with Crippen LogP contribution in [0.1, 0.15) is 36.2 Å². The van der Waals surface area contributed by atoms with Crippen LogP contribution in [0.2, 0.25) is 0 Å². The van der Waals surface area contributed by atoms with Crippen LogP contribution in [0.5, 0.6) is 0 Å². The molecule has 0 unspecified atom stereocenters. The predicted octanol–water partition coefficient (Wildman–Crippen LogP) is 2.30. The molecular formula is C20H25N5O. The van der Waals surface area contributed by atoms with Gasteiger partial charge in [-0.2, -0.15) is 5.10 Å². The maximum atomic E-state index is 12.3. The number of hydrogen-bond donors (Lipinski definition) is 2. The van der Waals surface area contributed by atoms with E-state index >= 15 is 0 Å². The van der Waals surface area contributed by atoms with Crippen molar-refractivity contribution in [2.45, 2.75) is 45.6 Å². The summed E-state index contributed by atoms with van der Waals surface area (Å²) >= 11 is 0. The lowest BCUT2D eigenvalue weighted by Crippen LogP contribution is -2.42. The van der Waals surface area contributed by atoms with Crippen LogP contribution in [-0.4, -0.2) is 39.6 Å². The van der Waals surface area contributed by atoms with E-state index in [1.165, 1.54) is 0 Å². The molecule has 0 atom stereocenters. The average molecular weight is 351 g/mol. The number of carbonyl (C=O) groups excluding carboxylic acids is 1. The monoisotopic (exact) mass is 351 g/mol. The van der Waals surface area contributed by atoms with Gasteiger partial charge in [-0.25, -0.2) is 9.50 Å². The fourth-order valence-electron chi connectivity index (χ4n) is 3.84. The molecule has 0 spiro atoms. The summed E-state index contributed by atoms with van der Waals surface area (Å²) in [5, 5.41) is 12.2. The van der Waals surface area contributed by atoms with E-state index in [1.54, 1.807) is 0 Å². The molecule has 4 rings (SSSR count). The number of benzene rings is 1. The zero-order valence-corrected chi connectivity index (χ0v) is 15.4. The van der Waals surface area contributed by atoms with Gasteiger partial charge in [-0.1, -0.05) is 12.1 Å². The average Bonchev–Trinajstić information content (AvgIpc) is 3.01. The number of carbonyl (C=O) groups is 1. The van der Waals surface area contributed by atoms with Crippen molar-refractivity contribution in [3.63, 3.8) is 0 Å². The minimum absolute atomic E-state index is 0.126. The molecular weight excluding hydrogens is 326 g/mol. The zero-order chi connectivity index (χ0) is 18.1. The van der Waals surface area contributed by atoms with E-state index in [4.69, 9.17) is 4.98 Å². The Morgan fingerprint density at radius 2 is 2.04 bits per heavy atom. The number of fused-ring (bicyclic) bond motifs is 3. The first-order valence-corrected chi connectivity index (χ1v) is 9.37. The Balaban J connectivity index is 1.54. The molecule has 1 saturated heterocycles. The first-order chi connectivity index (χ1) is 12.6. The topological polar surface area (TPSA) is 71.3 Å². The van der Waals surface area contributed by atoms with Gasteiger partial charge < -0.3 is 10.6 Å². The third kappa shape index (κ3) is 3.17. The largest absolute Gasteiger partial charge is 0.353 e. The number of amides is 1. The normalized spacial score (nSPS) is 15.6. The summed E-state index contributed by atoms with van der Waals surface area (Å²) in [6.07, 6.45) is 3.20. The molecule has 0 saturated carbocycles. The fourth-order valence-corrected chi connectivity index (χ4v) is 3.84. The summed E-state index contributed by atoms with van der Waals surface area (Å²) in [4.78, 5) is 17.1. The van der Waals surface area contributed by atoms with Gasteiger partial charge in [0.25, 0.3) is 0 Å². The van der Waals surface area contributed by atoms with Crippen molar-refractivity contribution < 1.29 is 4.79 Å². The number of aromatic nitrogens is 3. The van der Waals surface area contributed by atoms with E-state index in [9.17, 15) is 4.79 Å². The van der Waals surface area contributed by atoms with Crippen LogP contribution in [0.4, 0.5) is 0 Å². The number of aryl methyl sites for hydroxylation is 2. The van der Waals surface area contributed by atoms with Gasteiger partial charge in [0.05, 0.1) is 5.52 Å². The maximum absolute atomic E-state index is 12.3. The number of rotatable bonds is 4. The van der Waals surface area contributed by atoms with Gasteiger partial charge in [-0.05, 0) is 63.9 Å². The number of nitrogens with one attached hydrogen (secondary N) is 2. The van der Waals surface area contributed by atoms with E-state index in [1.807, 2.05) is 29.6 Å². The van der Waals surface area contributed by atoms with Gasteiger partial charge in [0.2, 0.25) is 5.91 Å². The summed E-state index contributed by atoms with van der Waals surface area (Å²) in [7, 11) is 0. The Hall–Kier alpha value is -2.47. The van der Waals surface area contributed by atoms with Crippen molar-refractivity contribution in [3.8, 4) is 0 Å². The Bertz CT molecular complexity index is 956. The molecule has 1 amide bonds.